The lowest BCUT2D eigenvalue weighted by atomic mass is 10.2. The zero-order valence-corrected chi connectivity index (χ0v) is 11.9. The molecule has 0 aromatic heterocycles. The van der Waals surface area contributed by atoms with Crippen molar-refractivity contribution >= 4 is 24.2 Å². The first-order chi connectivity index (χ1) is 10.0. The van der Waals surface area contributed by atoms with E-state index in [2.05, 4.69) is 0 Å². The summed E-state index contributed by atoms with van der Waals surface area (Å²) in [5, 5.41) is 18.5. The zero-order chi connectivity index (χ0) is 15.8. The molecule has 6 heteroatoms. The van der Waals surface area contributed by atoms with Gasteiger partial charge in [0.2, 0.25) is 0 Å². The topological polar surface area (TPSA) is 83.8 Å². The minimum absolute atomic E-state index is 0.0422. The molecule has 0 saturated carbocycles. The summed E-state index contributed by atoms with van der Waals surface area (Å²) in [6.07, 6.45) is 1.15. The molecule has 0 saturated heterocycles. The van der Waals surface area contributed by atoms with Gasteiger partial charge in [0.1, 0.15) is 17.2 Å². The summed E-state index contributed by atoms with van der Waals surface area (Å²) in [4.78, 5) is 20.4. The Balaban J connectivity index is 0.000000211. The minimum atomic E-state index is -0.0562. The van der Waals surface area contributed by atoms with Crippen LogP contribution in [-0.4, -0.2) is 29.9 Å². The van der Waals surface area contributed by atoms with Gasteiger partial charge < -0.3 is 14.9 Å². The number of hydrogen-bond acceptors (Lipinski definition) is 5. The summed E-state index contributed by atoms with van der Waals surface area (Å²) in [5.74, 6) is 0.437. The second-order valence-electron chi connectivity index (χ2n) is 3.86. The Labute approximate surface area is 126 Å². The highest BCUT2D eigenvalue weighted by Gasteiger charge is 2.00. The van der Waals surface area contributed by atoms with Crippen LogP contribution < -0.4 is 4.74 Å². The average molecular weight is 309 g/mol. The molecule has 2 aromatic carbocycles. The van der Waals surface area contributed by atoms with Crippen LogP contribution in [0.1, 0.15) is 20.7 Å². The molecule has 0 radical (unpaired) electrons. The van der Waals surface area contributed by atoms with Crippen LogP contribution in [0, 0.1) is 0 Å². The second kappa shape index (κ2) is 7.91. The van der Waals surface area contributed by atoms with Crippen molar-refractivity contribution in [2.45, 2.75) is 0 Å². The van der Waals surface area contributed by atoms with Gasteiger partial charge in [-0.05, 0) is 30.3 Å². The number of carbonyl (C=O) groups is 2. The van der Waals surface area contributed by atoms with Crippen molar-refractivity contribution in [3.8, 4) is 17.2 Å². The van der Waals surface area contributed by atoms with Crippen molar-refractivity contribution in [3.05, 3.63) is 52.5 Å². The van der Waals surface area contributed by atoms with Gasteiger partial charge in [-0.1, -0.05) is 11.6 Å². The van der Waals surface area contributed by atoms with Crippen molar-refractivity contribution in [2.75, 3.05) is 7.11 Å². The summed E-state index contributed by atoms with van der Waals surface area (Å²) in [5.41, 5.74) is 0.485. The Morgan fingerprint density at radius 1 is 0.952 bits per heavy atom. The number of ether oxygens (including phenoxy) is 1. The van der Waals surface area contributed by atoms with Crippen molar-refractivity contribution in [1.29, 1.82) is 0 Å². The molecular formula is C15H13ClO5. The molecule has 2 rings (SSSR count). The Hall–Kier alpha value is -2.53. The molecule has 0 amide bonds. The average Bonchev–Trinajstić information content (AvgIpc) is 2.50. The fourth-order valence-corrected chi connectivity index (χ4v) is 1.55. The van der Waals surface area contributed by atoms with Gasteiger partial charge in [0.15, 0.2) is 12.6 Å². The van der Waals surface area contributed by atoms with Gasteiger partial charge in [0.05, 0.1) is 18.2 Å². The normalized spacial score (nSPS) is 9.24. The molecule has 0 aliphatic carbocycles. The van der Waals surface area contributed by atoms with Crippen LogP contribution in [0.2, 0.25) is 5.02 Å². The lowest BCUT2D eigenvalue weighted by Crippen LogP contribution is -1.85. The smallest absolute Gasteiger partial charge is 0.153 e. The predicted octanol–water partition coefficient (Wildman–Crippen LogP) is 3.07. The van der Waals surface area contributed by atoms with E-state index in [0.717, 1.165) is 0 Å². The largest absolute Gasteiger partial charge is 0.507 e. The third-order valence-electron chi connectivity index (χ3n) is 2.48. The number of benzene rings is 2. The lowest BCUT2D eigenvalue weighted by molar-refractivity contribution is 0.111. The summed E-state index contributed by atoms with van der Waals surface area (Å²) in [7, 11) is 1.50. The van der Waals surface area contributed by atoms with Crippen molar-refractivity contribution in [2.24, 2.45) is 0 Å². The Bertz CT molecular complexity index is 640. The van der Waals surface area contributed by atoms with E-state index in [9.17, 15) is 9.59 Å². The molecule has 110 valence electrons. The van der Waals surface area contributed by atoms with Crippen molar-refractivity contribution < 1.29 is 24.5 Å². The fourth-order valence-electron chi connectivity index (χ4n) is 1.37. The van der Waals surface area contributed by atoms with Crippen LogP contribution in [0.25, 0.3) is 0 Å². The number of aldehydes is 2. The number of rotatable bonds is 3. The number of hydrogen-bond donors (Lipinski definition) is 2. The van der Waals surface area contributed by atoms with Crippen LogP contribution in [0.15, 0.2) is 36.4 Å². The van der Waals surface area contributed by atoms with Gasteiger partial charge in [0, 0.05) is 11.1 Å². The van der Waals surface area contributed by atoms with Crippen LogP contribution >= 0.6 is 11.6 Å². The number of halogens is 1. The van der Waals surface area contributed by atoms with Gasteiger partial charge in [-0.25, -0.2) is 0 Å². The molecule has 5 nitrogen and oxygen atoms in total. The molecule has 2 N–H and O–H groups in total. The van der Waals surface area contributed by atoms with E-state index in [1.54, 1.807) is 6.07 Å². The number of phenols is 2. The Morgan fingerprint density at radius 3 is 2.10 bits per heavy atom. The van der Waals surface area contributed by atoms with Crippen LogP contribution in [0.4, 0.5) is 0 Å². The predicted molar refractivity (Wildman–Crippen MR) is 78.6 cm³/mol. The van der Waals surface area contributed by atoms with E-state index in [4.69, 9.17) is 26.6 Å². The van der Waals surface area contributed by atoms with Crippen LogP contribution in [0.3, 0.4) is 0 Å². The summed E-state index contributed by atoms with van der Waals surface area (Å²) in [6.45, 7) is 0. The van der Waals surface area contributed by atoms with Crippen molar-refractivity contribution in [3.63, 3.8) is 0 Å². The minimum Gasteiger partial charge on any atom is -0.507 e. The van der Waals surface area contributed by atoms with Crippen LogP contribution in [0.5, 0.6) is 17.2 Å². The van der Waals surface area contributed by atoms with Gasteiger partial charge in [-0.3, -0.25) is 9.59 Å². The first-order valence-electron chi connectivity index (χ1n) is 5.77. The van der Waals surface area contributed by atoms with Gasteiger partial charge in [-0.15, -0.1) is 0 Å². The highest BCUT2D eigenvalue weighted by Crippen LogP contribution is 2.21. The van der Waals surface area contributed by atoms with E-state index in [-0.39, 0.29) is 22.6 Å². The fraction of sp³-hybridized carbons (Fsp3) is 0.0667. The van der Waals surface area contributed by atoms with Gasteiger partial charge in [-0.2, -0.15) is 0 Å². The molecule has 0 bridgehead atoms. The molecule has 2 aromatic rings. The van der Waals surface area contributed by atoms with E-state index < -0.39 is 0 Å². The number of aromatic hydroxyl groups is 2. The molecule has 21 heavy (non-hydrogen) atoms. The Morgan fingerprint density at radius 2 is 1.62 bits per heavy atom. The first-order valence-corrected chi connectivity index (χ1v) is 6.15. The van der Waals surface area contributed by atoms with E-state index in [1.807, 2.05) is 0 Å². The number of carbonyl (C=O) groups excluding carboxylic acids is 2. The summed E-state index contributed by atoms with van der Waals surface area (Å²) < 4.78 is 4.82. The molecule has 0 fully saturated rings. The molecule has 0 aliphatic heterocycles. The summed E-state index contributed by atoms with van der Waals surface area (Å²) in [6, 6.07) is 8.81. The summed E-state index contributed by atoms with van der Waals surface area (Å²) >= 11 is 5.53. The van der Waals surface area contributed by atoms with Crippen LogP contribution in [-0.2, 0) is 0 Å². The molecular weight excluding hydrogens is 296 g/mol. The van der Waals surface area contributed by atoms with E-state index in [0.29, 0.717) is 23.3 Å². The standard InChI is InChI=1S/C8H8O3.C7H5ClO2/c1-11-7-3-2-6(5-9)8(10)4-7;8-6-1-2-7(10)5(3-6)4-9/h2-5,10H,1H3;1-4,10H. The maximum Gasteiger partial charge on any atom is 0.153 e. The maximum absolute atomic E-state index is 10.2. The molecule has 0 aliphatic rings. The molecule has 0 heterocycles. The van der Waals surface area contributed by atoms with Crippen molar-refractivity contribution in [1.82, 2.24) is 0 Å². The number of phenolic OH excluding ortho intramolecular Hbond substituents is 2. The third kappa shape index (κ3) is 4.81. The highest BCUT2D eigenvalue weighted by atomic mass is 35.5. The van der Waals surface area contributed by atoms with E-state index in [1.165, 1.54) is 37.4 Å². The van der Waals surface area contributed by atoms with Gasteiger partial charge >= 0.3 is 0 Å². The SMILES string of the molecule is COc1ccc(C=O)c(O)c1.O=Cc1cc(Cl)ccc1O. The lowest BCUT2D eigenvalue weighted by Gasteiger charge is -2.00. The monoisotopic (exact) mass is 308 g/mol. The van der Waals surface area contributed by atoms with Gasteiger partial charge in [0.25, 0.3) is 0 Å². The molecule has 0 atom stereocenters. The Kier molecular flexibility index (Phi) is 6.23. The second-order valence-corrected chi connectivity index (χ2v) is 4.30. The first kappa shape index (κ1) is 16.5. The quantitative estimate of drug-likeness (QED) is 0.851. The number of methoxy groups -OCH3 is 1. The highest BCUT2D eigenvalue weighted by molar-refractivity contribution is 6.30. The molecule has 0 unspecified atom stereocenters. The molecule has 0 spiro atoms. The zero-order valence-electron chi connectivity index (χ0n) is 11.1. The maximum atomic E-state index is 10.2. The third-order valence-corrected chi connectivity index (χ3v) is 2.72. The van der Waals surface area contributed by atoms with E-state index >= 15 is 0 Å².